The van der Waals surface area contributed by atoms with E-state index in [1.54, 1.807) is 7.11 Å². The molecule has 1 aromatic carbocycles. The molecule has 1 fully saturated rings. The van der Waals surface area contributed by atoms with Crippen LogP contribution in [-0.4, -0.2) is 40.5 Å². The summed E-state index contributed by atoms with van der Waals surface area (Å²) >= 11 is -1.92. The summed E-state index contributed by atoms with van der Waals surface area (Å²) in [7, 11) is 1.66. The molecule has 2 aromatic rings. The molecule has 0 bridgehead atoms. The van der Waals surface area contributed by atoms with Crippen LogP contribution in [0.15, 0.2) is 30.5 Å². The van der Waals surface area contributed by atoms with E-state index in [4.69, 9.17) is 9.29 Å². The van der Waals surface area contributed by atoms with Crippen LogP contribution in [0, 0.1) is 11.8 Å². The minimum absolute atomic E-state index is 0.386. The van der Waals surface area contributed by atoms with Gasteiger partial charge in [-0.1, -0.05) is 6.92 Å². The largest absolute Gasteiger partial charge is 0.497 e. The molecule has 136 valence electrons. The molecule has 0 amide bonds. The van der Waals surface area contributed by atoms with Crippen molar-refractivity contribution in [3.05, 3.63) is 30.5 Å². The second kappa shape index (κ2) is 8.12. The molecule has 7 heteroatoms. The van der Waals surface area contributed by atoms with E-state index in [0.29, 0.717) is 18.4 Å². The number of methoxy groups -OCH3 is 1. The lowest BCUT2D eigenvalue weighted by molar-refractivity contribution is 0.293. The summed E-state index contributed by atoms with van der Waals surface area (Å²) in [5.74, 6) is 1.77. The molecule has 2 heterocycles. The van der Waals surface area contributed by atoms with Gasteiger partial charge in [-0.15, -0.1) is 0 Å². The van der Waals surface area contributed by atoms with Crippen molar-refractivity contribution in [2.24, 2.45) is 11.8 Å². The smallest absolute Gasteiger partial charge is 0.231 e. The molecule has 2 atom stereocenters. The fourth-order valence-electron chi connectivity index (χ4n) is 3.59. The molecular weight excluding hydrogens is 338 g/mol. The summed E-state index contributed by atoms with van der Waals surface area (Å²) < 4.78 is 27.5. The topological polar surface area (TPSA) is 74.7 Å². The Balaban J connectivity index is 1.69. The van der Waals surface area contributed by atoms with E-state index in [0.717, 1.165) is 42.6 Å². The fourth-order valence-corrected chi connectivity index (χ4v) is 4.00. The molecule has 2 unspecified atom stereocenters. The minimum Gasteiger partial charge on any atom is -0.497 e. The van der Waals surface area contributed by atoms with Crippen LogP contribution in [0.4, 0.5) is 5.69 Å². The lowest BCUT2D eigenvalue weighted by Gasteiger charge is -2.36. The van der Waals surface area contributed by atoms with Gasteiger partial charge in [-0.25, -0.2) is 8.93 Å². The van der Waals surface area contributed by atoms with E-state index < -0.39 is 11.3 Å². The summed E-state index contributed by atoms with van der Waals surface area (Å²) in [4.78, 5) is 6.88. The number of pyridine rings is 1. The highest BCUT2D eigenvalue weighted by Crippen LogP contribution is 2.32. The molecule has 0 spiro atoms. The number of rotatable bonds is 6. The summed E-state index contributed by atoms with van der Waals surface area (Å²) in [6.45, 7) is 4.70. The van der Waals surface area contributed by atoms with Crippen molar-refractivity contribution in [1.29, 1.82) is 0 Å². The summed E-state index contributed by atoms with van der Waals surface area (Å²) in [5.41, 5.74) is 2.16. The molecule has 1 saturated heterocycles. The number of piperidine rings is 1. The molecule has 0 radical (unpaired) electrons. The highest BCUT2D eigenvalue weighted by molar-refractivity contribution is 7.77. The zero-order valence-electron chi connectivity index (χ0n) is 14.6. The van der Waals surface area contributed by atoms with E-state index in [1.165, 1.54) is 5.69 Å². The number of nitrogens with zero attached hydrogens (tertiary/aromatic N) is 2. The van der Waals surface area contributed by atoms with Crippen LogP contribution in [0.25, 0.3) is 10.9 Å². The summed E-state index contributed by atoms with van der Waals surface area (Å²) in [6.07, 6.45) is 4.02. The van der Waals surface area contributed by atoms with Crippen LogP contribution in [-0.2, 0) is 11.3 Å². The number of benzene rings is 1. The molecule has 1 aliphatic rings. The van der Waals surface area contributed by atoms with Crippen molar-refractivity contribution in [2.75, 3.05) is 31.6 Å². The lowest BCUT2D eigenvalue weighted by atomic mass is 9.85. The predicted octanol–water partition coefficient (Wildman–Crippen LogP) is 2.82. The first-order valence-electron chi connectivity index (χ1n) is 8.60. The average molecular weight is 363 g/mol. The van der Waals surface area contributed by atoms with Gasteiger partial charge in [0, 0.05) is 43.0 Å². The third-order valence-corrected chi connectivity index (χ3v) is 5.55. The SMILES string of the molecule is COc1ccc2c(N3CCC(C(C)CNS(=O)O)CC3)ccnc2c1. The second-order valence-corrected chi connectivity index (χ2v) is 7.40. The van der Waals surface area contributed by atoms with Crippen LogP contribution in [0.5, 0.6) is 5.75 Å². The van der Waals surface area contributed by atoms with Gasteiger partial charge in [0.25, 0.3) is 0 Å². The van der Waals surface area contributed by atoms with E-state index >= 15 is 0 Å². The first kappa shape index (κ1) is 18.1. The highest BCUT2D eigenvalue weighted by Gasteiger charge is 2.25. The molecule has 1 aromatic heterocycles. The molecule has 2 N–H and O–H groups in total. The average Bonchev–Trinajstić information content (AvgIpc) is 2.65. The third-order valence-electron chi connectivity index (χ3n) is 5.14. The van der Waals surface area contributed by atoms with Gasteiger partial charge < -0.3 is 9.64 Å². The quantitative estimate of drug-likeness (QED) is 0.772. The maximum Gasteiger partial charge on any atom is 0.231 e. The zero-order valence-corrected chi connectivity index (χ0v) is 15.5. The van der Waals surface area contributed by atoms with Gasteiger partial charge in [0.1, 0.15) is 5.75 Å². The van der Waals surface area contributed by atoms with Gasteiger partial charge in [-0.3, -0.25) is 9.54 Å². The predicted molar refractivity (Wildman–Crippen MR) is 101 cm³/mol. The van der Waals surface area contributed by atoms with Crippen molar-refractivity contribution >= 4 is 27.9 Å². The van der Waals surface area contributed by atoms with Crippen molar-refractivity contribution in [3.8, 4) is 5.75 Å². The van der Waals surface area contributed by atoms with E-state index in [9.17, 15) is 4.21 Å². The van der Waals surface area contributed by atoms with Crippen molar-refractivity contribution in [3.63, 3.8) is 0 Å². The standard InChI is InChI=1S/C18H25N3O3S/c1-13(12-20-25(22)23)14-6-9-21(10-7-14)18-5-8-19-17-11-15(24-2)3-4-16(17)18/h3-5,8,11,13-14,20H,6-7,9-10,12H2,1-2H3,(H,22,23). The normalized spacial score (nSPS) is 18.3. The van der Waals surface area contributed by atoms with Crippen molar-refractivity contribution in [1.82, 2.24) is 9.71 Å². The second-order valence-electron chi connectivity index (χ2n) is 6.61. The Morgan fingerprint density at radius 2 is 2.16 bits per heavy atom. The van der Waals surface area contributed by atoms with Crippen LogP contribution in [0.1, 0.15) is 19.8 Å². The number of aromatic nitrogens is 1. The van der Waals surface area contributed by atoms with Gasteiger partial charge in [0.05, 0.1) is 12.6 Å². The molecular formula is C18H25N3O3S. The van der Waals surface area contributed by atoms with Crippen molar-refractivity contribution < 1.29 is 13.5 Å². The number of hydrogen-bond acceptors (Lipinski definition) is 4. The minimum atomic E-state index is -1.92. The van der Waals surface area contributed by atoms with Gasteiger partial charge in [0.2, 0.25) is 11.3 Å². The van der Waals surface area contributed by atoms with E-state index in [2.05, 4.69) is 33.7 Å². The zero-order chi connectivity index (χ0) is 17.8. The Labute approximate surface area is 151 Å². The number of fused-ring (bicyclic) bond motifs is 1. The van der Waals surface area contributed by atoms with Gasteiger partial charge in [0.15, 0.2) is 0 Å². The maximum atomic E-state index is 10.8. The van der Waals surface area contributed by atoms with E-state index in [-0.39, 0.29) is 0 Å². The van der Waals surface area contributed by atoms with Crippen LogP contribution in [0.3, 0.4) is 0 Å². The maximum absolute atomic E-state index is 10.8. The van der Waals surface area contributed by atoms with E-state index in [1.807, 2.05) is 18.3 Å². The Hall–Kier alpha value is -1.70. The first-order valence-corrected chi connectivity index (χ1v) is 9.71. The van der Waals surface area contributed by atoms with Gasteiger partial charge in [-0.2, -0.15) is 0 Å². The Kier molecular flexibility index (Phi) is 5.88. The molecule has 0 saturated carbocycles. The lowest BCUT2D eigenvalue weighted by Crippen LogP contribution is -2.38. The van der Waals surface area contributed by atoms with Gasteiger partial charge >= 0.3 is 0 Å². The van der Waals surface area contributed by atoms with Gasteiger partial charge in [-0.05, 0) is 42.9 Å². The molecule has 25 heavy (non-hydrogen) atoms. The molecule has 6 nitrogen and oxygen atoms in total. The number of nitrogens with one attached hydrogen (secondary N) is 1. The highest BCUT2D eigenvalue weighted by atomic mass is 32.2. The van der Waals surface area contributed by atoms with Crippen LogP contribution < -0.4 is 14.4 Å². The summed E-state index contributed by atoms with van der Waals surface area (Å²) in [6, 6.07) is 8.10. The number of ether oxygens (including phenoxy) is 1. The van der Waals surface area contributed by atoms with Crippen LogP contribution in [0.2, 0.25) is 0 Å². The molecule has 3 rings (SSSR count). The van der Waals surface area contributed by atoms with Crippen molar-refractivity contribution in [2.45, 2.75) is 19.8 Å². The summed E-state index contributed by atoms with van der Waals surface area (Å²) in [5, 5.41) is 1.15. The Morgan fingerprint density at radius 3 is 2.84 bits per heavy atom. The number of hydrogen-bond donors (Lipinski definition) is 2. The first-order chi connectivity index (χ1) is 12.1. The number of anilines is 1. The van der Waals surface area contributed by atoms with Crippen LogP contribution >= 0.6 is 0 Å². The monoisotopic (exact) mass is 363 g/mol. The molecule has 0 aliphatic carbocycles. The Bertz CT molecular complexity index is 747. The molecule has 1 aliphatic heterocycles. The Morgan fingerprint density at radius 1 is 1.40 bits per heavy atom. The fraction of sp³-hybridized carbons (Fsp3) is 0.500. The third kappa shape index (κ3) is 4.29.